The zero-order valence-electron chi connectivity index (χ0n) is 16.2. The van der Waals surface area contributed by atoms with Crippen molar-refractivity contribution in [2.75, 3.05) is 14.2 Å². The molecule has 0 amide bonds. The summed E-state index contributed by atoms with van der Waals surface area (Å²) < 4.78 is 37.6. The molecule has 30 heavy (non-hydrogen) atoms. The smallest absolute Gasteiger partial charge is 0.243 e. The molecular weight excluding hydrogens is 426 g/mol. The minimum absolute atomic E-state index is 0.0520. The second-order valence-electron chi connectivity index (χ2n) is 6.65. The fraction of sp³-hybridized carbons (Fsp3) is 0.143. The second-order valence-corrected chi connectivity index (χ2v) is 9.14. The maximum Gasteiger partial charge on any atom is 0.243 e. The van der Waals surface area contributed by atoms with Crippen LogP contribution in [-0.2, 0) is 16.6 Å². The summed E-state index contributed by atoms with van der Waals surface area (Å²) in [6, 6.07) is 17.4. The van der Waals surface area contributed by atoms with E-state index in [1.165, 1.54) is 11.4 Å². The van der Waals surface area contributed by atoms with E-state index in [4.69, 9.17) is 20.9 Å². The maximum atomic E-state index is 13.0. The van der Waals surface area contributed by atoms with Gasteiger partial charge in [-0.1, -0.05) is 28.9 Å². The van der Waals surface area contributed by atoms with E-state index < -0.39 is 10.0 Å². The molecule has 0 fully saturated rings. The molecule has 0 aliphatic heterocycles. The summed E-state index contributed by atoms with van der Waals surface area (Å²) in [7, 11) is -0.688. The van der Waals surface area contributed by atoms with Gasteiger partial charge in [-0.05, 0) is 59.3 Å². The van der Waals surface area contributed by atoms with Gasteiger partial charge in [0.15, 0.2) is 0 Å². The summed E-state index contributed by atoms with van der Waals surface area (Å²) >= 11 is 5.89. The van der Waals surface area contributed by atoms with Crippen molar-refractivity contribution < 1.29 is 17.7 Å². The van der Waals surface area contributed by atoms with Gasteiger partial charge in [-0.15, -0.1) is 0 Å². The lowest BCUT2D eigenvalue weighted by Gasteiger charge is -2.15. The molecule has 4 rings (SSSR count). The number of rotatable bonds is 6. The Hall–Kier alpha value is -2.94. The fourth-order valence-electron chi connectivity index (χ4n) is 2.98. The largest absolute Gasteiger partial charge is 0.497 e. The Balaban J connectivity index is 1.56. The van der Waals surface area contributed by atoms with E-state index in [9.17, 15) is 8.42 Å². The number of aromatic nitrogens is 2. The molecule has 9 heteroatoms. The van der Waals surface area contributed by atoms with E-state index in [1.807, 2.05) is 12.1 Å². The molecule has 0 atom stereocenters. The molecule has 0 bridgehead atoms. The molecule has 0 radical (unpaired) electrons. The number of methoxy groups -OCH3 is 1. The number of nitrogens with zero attached hydrogens (tertiary/aromatic N) is 3. The molecule has 1 heterocycles. The predicted molar refractivity (Wildman–Crippen MR) is 114 cm³/mol. The average Bonchev–Trinajstić information content (AvgIpc) is 3.21. The van der Waals surface area contributed by atoms with Gasteiger partial charge < -0.3 is 9.26 Å². The molecule has 1 aromatic heterocycles. The van der Waals surface area contributed by atoms with Crippen LogP contribution in [0.2, 0.25) is 5.02 Å². The van der Waals surface area contributed by atoms with E-state index >= 15 is 0 Å². The van der Waals surface area contributed by atoms with Gasteiger partial charge in [0, 0.05) is 17.6 Å². The van der Waals surface area contributed by atoms with E-state index in [2.05, 4.69) is 10.1 Å². The first kappa shape index (κ1) is 20.3. The van der Waals surface area contributed by atoms with Gasteiger partial charge in [-0.3, -0.25) is 0 Å². The normalized spacial score (nSPS) is 11.9. The molecule has 0 unspecified atom stereocenters. The second kappa shape index (κ2) is 8.06. The van der Waals surface area contributed by atoms with Crippen LogP contribution in [0.1, 0.15) is 5.89 Å². The summed E-state index contributed by atoms with van der Waals surface area (Å²) in [4.78, 5) is 4.47. The van der Waals surface area contributed by atoms with Crippen molar-refractivity contribution in [3.8, 4) is 17.1 Å². The number of benzene rings is 3. The molecule has 7 nitrogen and oxygen atoms in total. The van der Waals surface area contributed by atoms with Crippen LogP contribution >= 0.6 is 11.6 Å². The van der Waals surface area contributed by atoms with Gasteiger partial charge in [0.1, 0.15) is 5.75 Å². The van der Waals surface area contributed by atoms with E-state index in [0.29, 0.717) is 16.6 Å². The SMILES string of the molecule is COc1ccc2cc(S(=O)(=O)N(C)Cc3nc(-c4ccc(Cl)cc4)no3)ccc2c1. The van der Waals surface area contributed by atoms with Crippen molar-refractivity contribution in [2.24, 2.45) is 0 Å². The highest BCUT2D eigenvalue weighted by Gasteiger charge is 2.23. The van der Waals surface area contributed by atoms with E-state index in [1.54, 1.807) is 55.6 Å². The van der Waals surface area contributed by atoms with Crippen LogP contribution in [-0.4, -0.2) is 37.0 Å². The minimum atomic E-state index is -3.75. The predicted octanol–water partition coefficient (Wildman–Crippen LogP) is 4.37. The van der Waals surface area contributed by atoms with Crippen molar-refractivity contribution >= 4 is 32.4 Å². The first-order chi connectivity index (χ1) is 14.4. The molecule has 0 saturated heterocycles. The van der Waals surface area contributed by atoms with Crippen LogP contribution in [0.25, 0.3) is 22.2 Å². The van der Waals surface area contributed by atoms with Gasteiger partial charge >= 0.3 is 0 Å². The Labute approximate surface area is 178 Å². The Bertz CT molecular complexity index is 1300. The Morgan fingerprint density at radius 1 is 1.03 bits per heavy atom. The number of ether oxygens (including phenoxy) is 1. The van der Waals surface area contributed by atoms with Crippen LogP contribution in [0.5, 0.6) is 5.75 Å². The molecule has 0 saturated carbocycles. The van der Waals surface area contributed by atoms with Crippen molar-refractivity contribution in [1.29, 1.82) is 0 Å². The van der Waals surface area contributed by atoms with Gasteiger partial charge in [-0.2, -0.15) is 9.29 Å². The summed E-state index contributed by atoms with van der Waals surface area (Å²) in [6.07, 6.45) is 0. The number of hydrogen-bond acceptors (Lipinski definition) is 6. The van der Waals surface area contributed by atoms with E-state index in [-0.39, 0.29) is 17.3 Å². The average molecular weight is 444 g/mol. The van der Waals surface area contributed by atoms with Crippen molar-refractivity contribution in [3.63, 3.8) is 0 Å². The lowest BCUT2D eigenvalue weighted by atomic mass is 10.1. The van der Waals surface area contributed by atoms with Crippen LogP contribution in [0.15, 0.2) is 70.1 Å². The highest BCUT2D eigenvalue weighted by Crippen LogP contribution is 2.26. The molecule has 0 spiro atoms. The fourth-order valence-corrected chi connectivity index (χ4v) is 4.26. The van der Waals surface area contributed by atoms with Gasteiger partial charge in [0.2, 0.25) is 21.7 Å². The Kier molecular flexibility index (Phi) is 5.46. The summed E-state index contributed by atoms with van der Waals surface area (Å²) in [5, 5.41) is 6.21. The third-order valence-electron chi connectivity index (χ3n) is 4.66. The zero-order valence-corrected chi connectivity index (χ0v) is 17.8. The summed E-state index contributed by atoms with van der Waals surface area (Å²) in [5.74, 6) is 1.27. The first-order valence-corrected chi connectivity index (χ1v) is 10.8. The van der Waals surface area contributed by atoms with Crippen LogP contribution in [0.3, 0.4) is 0 Å². The Morgan fingerprint density at radius 2 is 1.73 bits per heavy atom. The number of sulfonamides is 1. The highest BCUT2D eigenvalue weighted by atomic mass is 35.5. The monoisotopic (exact) mass is 443 g/mol. The van der Waals surface area contributed by atoms with Crippen molar-refractivity contribution in [3.05, 3.63) is 71.6 Å². The summed E-state index contributed by atoms with van der Waals surface area (Å²) in [6.45, 7) is -0.0520. The van der Waals surface area contributed by atoms with Gasteiger partial charge in [-0.25, -0.2) is 8.42 Å². The number of fused-ring (bicyclic) bond motifs is 1. The van der Waals surface area contributed by atoms with Gasteiger partial charge in [0.25, 0.3) is 0 Å². The lowest BCUT2D eigenvalue weighted by Crippen LogP contribution is -2.26. The number of hydrogen-bond donors (Lipinski definition) is 0. The molecule has 0 aliphatic carbocycles. The van der Waals surface area contributed by atoms with Crippen LogP contribution in [0.4, 0.5) is 0 Å². The van der Waals surface area contributed by atoms with Crippen LogP contribution in [0, 0.1) is 0 Å². The van der Waals surface area contributed by atoms with E-state index in [0.717, 1.165) is 16.3 Å². The van der Waals surface area contributed by atoms with Crippen molar-refractivity contribution in [2.45, 2.75) is 11.4 Å². The first-order valence-electron chi connectivity index (χ1n) is 8.99. The molecule has 4 aromatic rings. The van der Waals surface area contributed by atoms with Gasteiger partial charge in [0.05, 0.1) is 18.6 Å². The molecule has 154 valence electrons. The number of halogens is 1. The zero-order chi connectivity index (χ0) is 21.3. The molecule has 0 aliphatic rings. The molecular formula is C21H18ClN3O4S. The third-order valence-corrected chi connectivity index (χ3v) is 6.71. The Morgan fingerprint density at radius 3 is 2.47 bits per heavy atom. The topological polar surface area (TPSA) is 85.5 Å². The quantitative estimate of drug-likeness (QED) is 0.439. The highest BCUT2D eigenvalue weighted by molar-refractivity contribution is 7.89. The van der Waals surface area contributed by atoms with Crippen LogP contribution < -0.4 is 4.74 Å². The summed E-state index contributed by atoms with van der Waals surface area (Å²) in [5.41, 5.74) is 0.727. The third kappa shape index (κ3) is 4.02. The lowest BCUT2D eigenvalue weighted by molar-refractivity contribution is 0.337. The molecule has 3 aromatic carbocycles. The maximum absolute atomic E-state index is 13.0. The standard InChI is InChI=1S/C21H18ClN3O4S/c1-25(13-20-23-21(24-29-20)14-3-7-17(22)8-4-14)30(26,27)19-10-6-15-11-18(28-2)9-5-16(15)12-19/h3-12H,13H2,1-2H3. The van der Waals surface area contributed by atoms with Crippen molar-refractivity contribution in [1.82, 2.24) is 14.4 Å². The minimum Gasteiger partial charge on any atom is -0.497 e. The molecule has 0 N–H and O–H groups in total.